The molecule has 0 aliphatic rings. The first kappa shape index (κ1) is 12.2. The van der Waals surface area contributed by atoms with Crippen molar-refractivity contribution in [1.82, 2.24) is 25.1 Å². The predicted octanol–water partition coefficient (Wildman–Crippen LogP) is 1.48. The highest BCUT2D eigenvalue weighted by Crippen LogP contribution is 2.19. The average Bonchev–Trinajstić information content (AvgIpc) is 2.71. The minimum atomic E-state index is 0.183. The summed E-state index contributed by atoms with van der Waals surface area (Å²) >= 11 is 3.43. The topological polar surface area (TPSA) is 55.6 Å². The Hall–Kier alpha value is -1.27. The van der Waals surface area contributed by atoms with Crippen LogP contribution in [0.15, 0.2) is 29.3 Å². The molecule has 0 aromatic carbocycles. The summed E-state index contributed by atoms with van der Waals surface area (Å²) in [7, 11) is 3.83. The maximum Gasteiger partial charge on any atom is 0.138 e. The Bertz CT molecular complexity index is 496. The van der Waals surface area contributed by atoms with E-state index in [0.717, 1.165) is 22.3 Å². The number of likely N-dealkylation sites (N-methyl/N-ethyl adjacent to an activating group) is 1. The third-order valence-corrected chi connectivity index (χ3v) is 3.10. The molecule has 1 unspecified atom stereocenters. The van der Waals surface area contributed by atoms with Crippen molar-refractivity contribution in [3.63, 3.8) is 0 Å². The van der Waals surface area contributed by atoms with Crippen LogP contribution >= 0.6 is 15.9 Å². The summed E-state index contributed by atoms with van der Waals surface area (Å²) in [5.41, 5.74) is 1.13. The van der Waals surface area contributed by atoms with Crippen molar-refractivity contribution in [3.8, 4) is 0 Å². The Labute approximate surface area is 108 Å². The lowest BCUT2D eigenvalue weighted by Crippen LogP contribution is -2.20. The third-order valence-electron chi connectivity index (χ3n) is 2.67. The fraction of sp³-hybridized carbons (Fsp3) is 0.364. The van der Waals surface area contributed by atoms with E-state index in [4.69, 9.17) is 0 Å². The zero-order chi connectivity index (χ0) is 12.3. The van der Waals surface area contributed by atoms with Crippen molar-refractivity contribution in [1.29, 1.82) is 0 Å². The summed E-state index contributed by atoms with van der Waals surface area (Å²) in [5.74, 6) is 0.948. The molecular formula is C11H14BrN5. The van der Waals surface area contributed by atoms with Gasteiger partial charge in [0, 0.05) is 36.4 Å². The number of halogens is 1. The predicted molar refractivity (Wildman–Crippen MR) is 68.4 cm³/mol. The largest absolute Gasteiger partial charge is 0.313 e. The number of aryl methyl sites for hydroxylation is 1. The van der Waals surface area contributed by atoms with E-state index in [2.05, 4.69) is 42.4 Å². The molecule has 0 saturated carbocycles. The van der Waals surface area contributed by atoms with Crippen LogP contribution in [0.3, 0.4) is 0 Å². The van der Waals surface area contributed by atoms with Crippen LogP contribution in [-0.4, -0.2) is 26.8 Å². The van der Waals surface area contributed by atoms with Gasteiger partial charge in [-0.3, -0.25) is 9.67 Å². The molecule has 0 fully saturated rings. The van der Waals surface area contributed by atoms with Crippen molar-refractivity contribution < 1.29 is 0 Å². The molecule has 0 saturated heterocycles. The molecule has 0 aliphatic carbocycles. The monoisotopic (exact) mass is 295 g/mol. The zero-order valence-corrected chi connectivity index (χ0v) is 11.3. The molecule has 0 spiro atoms. The van der Waals surface area contributed by atoms with E-state index in [1.54, 1.807) is 17.2 Å². The van der Waals surface area contributed by atoms with Crippen molar-refractivity contribution in [2.24, 2.45) is 7.05 Å². The van der Waals surface area contributed by atoms with Gasteiger partial charge in [-0.2, -0.15) is 5.10 Å². The van der Waals surface area contributed by atoms with E-state index >= 15 is 0 Å². The van der Waals surface area contributed by atoms with Crippen LogP contribution in [0.1, 0.15) is 17.4 Å². The normalized spacial score (nSPS) is 12.6. The van der Waals surface area contributed by atoms with Gasteiger partial charge in [-0.1, -0.05) is 0 Å². The van der Waals surface area contributed by atoms with E-state index in [1.807, 2.05) is 20.3 Å². The fourth-order valence-corrected chi connectivity index (χ4v) is 2.08. The molecule has 1 atom stereocenters. The number of rotatable bonds is 4. The quantitative estimate of drug-likeness (QED) is 0.928. The van der Waals surface area contributed by atoms with Gasteiger partial charge in [0.05, 0.1) is 0 Å². The van der Waals surface area contributed by atoms with E-state index < -0.39 is 0 Å². The van der Waals surface area contributed by atoms with Crippen LogP contribution < -0.4 is 5.32 Å². The van der Waals surface area contributed by atoms with Gasteiger partial charge in [0.25, 0.3) is 0 Å². The highest BCUT2D eigenvalue weighted by Gasteiger charge is 2.13. The smallest absolute Gasteiger partial charge is 0.138 e. The second-order valence-corrected chi connectivity index (χ2v) is 4.70. The van der Waals surface area contributed by atoms with Gasteiger partial charge in [-0.05, 0) is 34.6 Å². The van der Waals surface area contributed by atoms with Crippen molar-refractivity contribution in [2.75, 3.05) is 7.05 Å². The number of hydrogen-bond acceptors (Lipinski definition) is 4. The molecule has 5 nitrogen and oxygen atoms in total. The summed E-state index contributed by atoms with van der Waals surface area (Å²) in [6.07, 6.45) is 5.99. The molecule has 2 heterocycles. The molecule has 0 radical (unpaired) electrons. The Morgan fingerprint density at radius 1 is 1.47 bits per heavy atom. The van der Waals surface area contributed by atoms with Gasteiger partial charge in [0.2, 0.25) is 0 Å². The number of aromatic nitrogens is 4. The summed E-state index contributed by atoms with van der Waals surface area (Å²) in [6, 6.07) is 2.24. The Morgan fingerprint density at radius 3 is 2.88 bits per heavy atom. The molecule has 17 heavy (non-hydrogen) atoms. The number of pyridine rings is 1. The lowest BCUT2D eigenvalue weighted by molar-refractivity contribution is 0.551. The molecule has 90 valence electrons. The first-order valence-corrected chi connectivity index (χ1v) is 6.10. The van der Waals surface area contributed by atoms with Crippen LogP contribution in [0.25, 0.3) is 0 Å². The Kier molecular flexibility index (Phi) is 3.86. The highest BCUT2D eigenvalue weighted by molar-refractivity contribution is 9.10. The standard InChI is InChI=1S/C11H14BrN5/c1-13-10(4-11-15-7-16-17(11)2)8-3-9(12)6-14-5-8/h3,5-7,10,13H,4H2,1-2H3. The fourth-order valence-electron chi connectivity index (χ4n) is 1.69. The number of nitrogens with zero attached hydrogens (tertiary/aromatic N) is 4. The minimum Gasteiger partial charge on any atom is -0.313 e. The Morgan fingerprint density at radius 2 is 2.29 bits per heavy atom. The van der Waals surface area contributed by atoms with Gasteiger partial charge in [-0.15, -0.1) is 0 Å². The summed E-state index contributed by atoms with van der Waals surface area (Å²) in [5, 5.41) is 7.34. The van der Waals surface area contributed by atoms with Crippen LogP contribution in [-0.2, 0) is 13.5 Å². The average molecular weight is 296 g/mol. The van der Waals surface area contributed by atoms with Gasteiger partial charge >= 0.3 is 0 Å². The zero-order valence-electron chi connectivity index (χ0n) is 9.76. The van der Waals surface area contributed by atoms with Gasteiger partial charge in [0.1, 0.15) is 12.2 Å². The lowest BCUT2D eigenvalue weighted by atomic mass is 10.1. The van der Waals surface area contributed by atoms with Gasteiger partial charge in [-0.25, -0.2) is 4.98 Å². The molecule has 2 rings (SSSR count). The van der Waals surface area contributed by atoms with Gasteiger partial charge < -0.3 is 5.32 Å². The molecule has 1 N–H and O–H groups in total. The number of hydrogen-bond donors (Lipinski definition) is 1. The van der Waals surface area contributed by atoms with Crippen molar-refractivity contribution in [3.05, 3.63) is 40.6 Å². The van der Waals surface area contributed by atoms with E-state index in [9.17, 15) is 0 Å². The van der Waals surface area contributed by atoms with Gasteiger partial charge in [0.15, 0.2) is 0 Å². The minimum absolute atomic E-state index is 0.183. The molecule has 0 bridgehead atoms. The van der Waals surface area contributed by atoms with Crippen molar-refractivity contribution >= 4 is 15.9 Å². The van der Waals surface area contributed by atoms with Crippen LogP contribution in [0.4, 0.5) is 0 Å². The SMILES string of the molecule is CNC(Cc1ncnn1C)c1cncc(Br)c1. The molecule has 0 amide bonds. The summed E-state index contributed by atoms with van der Waals surface area (Å²) in [6.45, 7) is 0. The first-order chi connectivity index (χ1) is 8.20. The number of nitrogens with one attached hydrogen (secondary N) is 1. The van der Waals surface area contributed by atoms with Crippen LogP contribution in [0.5, 0.6) is 0 Å². The molecule has 0 aliphatic heterocycles. The summed E-state index contributed by atoms with van der Waals surface area (Å²) in [4.78, 5) is 8.41. The Balaban J connectivity index is 2.20. The van der Waals surface area contributed by atoms with E-state index in [0.29, 0.717) is 0 Å². The first-order valence-electron chi connectivity index (χ1n) is 5.31. The second kappa shape index (κ2) is 5.37. The maximum absolute atomic E-state index is 4.23. The highest BCUT2D eigenvalue weighted by atomic mass is 79.9. The maximum atomic E-state index is 4.23. The lowest BCUT2D eigenvalue weighted by Gasteiger charge is -2.15. The third kappa shape index (κ3) is 2.89. The molecule has 2 aromatic heterocycles. The molecule has 6 heteroatoms. The molecular weight excluding hydrogens is 282 g/mol. The van der Waals surface area contributed by atoms with E-state index in [-0.39, 0.29) is 6.04 Å². The molecule has 2 aromatic rings. The van der Waals surface area contributed by atoms with Crippen LogP contribution in [0.2, 0.25) is 0 Å². The van der Waals surface area contributed by atoms with Crippen LogP contribution in [0, 0.1) is 0 Å². The van der Waals surface area contributed by atoms with Crippen molar-refractivity contribution in [2.45, 2.75) is 12.5 Å². The van der Waals surface area contributed by atoms with E-state index in [1.165, 1.54) is 0 Å². The summed E-state index contributed by atoms with van der Waals surface area (Å²) < 4.78 is 2.77. The second-order valence-electron chi connectivity index (χ2n) is 3.78.